The number of para-hydroxylation sites is 1. The Labute approximate surface area is 145 Å². The van der Waals surface area contributed by atoms with E-state index in [4.69, 9.17) is 16.9 Å². The van der Waals surface area contributed by atoms with E-state index in [1.54, 1.807) is 24.3 Å². The van der Waals surface area contributed by atoms with Gasteiger partial charge in [-0.3, -0.25) is 4.79 Å². The third-order valence-electron chi connectivity index (χ3n) is 3.21. The summed E-state index contributed by atoms with van der Waals surface area (Å²) in [5.41, 5.74) is 0.765. The van der Waals surface area contributed by atoms with Crippen molar-refractivity contribution in [3.63, 3.8) is 0 Å². The zero-order valence-electron chi connectivity index (χ0n) is 12.7. The van der Waals surface area contributed by atoms with Crippen molar-refractivity contribution in [2.75, 3.05) is 18.9 Å². The Hall–Kier alpha value is -2.40. The smallest absolute Gasteiger partial charge is 0.243 e. The van der Waals surface area contributed by atoms with Crippen LogP contribution < -0.4 is 5.32 Å². The number of rotatable bonds is 5. The first-order valence-electron chi connectivity index (χ1n) is 6.85. The SMILES string of the molecule is CN(CC(=O)Nc1ccccc1Cl)S(=O)(=O)c1ccc(C#N)cc1. The van der Waals surface area contributed by atoms with E-state index in [0.717, 1.165) is 4.31 Å². The Bertz CT molecular complexity index is 890. The van der Waals surface area contributed by atoms with Crippen LogP contribution in [-0.4, -0.2) is 32.2 Å². The number of likely N-dealkylation sites (N-methyl/N-ethyl adjacent to an activating group) is 1. The summed E-state index contributed by atoms with van der Waals surface area (Å²) >= 11 is 5.95. The van der Waals surface area contributed by atoms with Gasteiger partial charge in [0, 0.05) is 7.05 Å². The number of sulfonamides is 1. The molecule has 0 saturated carbocycles. The van der Waals surface area contributed by atoms with Crippen LogP contribution in [0.1, 0.15) is 5.56 Å². The number of hydrogen-bond acceptors (Lipinski definition) is 4. The second-order valence-electron chi connectivity index (χ2n) is 4.93. The molecule has 0 atom stereocenters. The molecule has 2 aromatic carbocycles. The maximum atomic E-state index is 12.4. The van der Waals surface area contributed by atoms with Crippen LogP contribution in [0.5, 0.6) is 0 Å². The third kappa shape index (κ3) is 4.11. The first-order valence-corrected chi connectivity index (χ1v) is 8.67. The molecule has 2 rings (SSSR count). The van der Waals surface area contributed by atoms with E-state index >= 15 is 0 Å². The number of nitrogens with one attached hydrogen (secondary N) is 1. The van der Waals surface area contributed by atoms with Gasteiger partial charge in [0.1, 0.15) is 0 Å². The van der Waals surface area contributed by atoms with Crippen molar-refractivity contribution in [2.24, 2.45) is 0 Å². The van der Waals surface area contributed by atoms with Gasteiger partial charge < -0.3 is 5.32 Å². The maximum Gasteiger partial charge on any atom is 0.243 e. The number of nitriles is 1. The summed E-state index contributed by atoms with van der Waals surface area (Å²) in [6.45, 7) is -0.368. The highest BCUT2D eigenvalue weighted by molar-refractivity contribution is 7.89. The van der Waals surface area contributed by atoms with Gasteiger partial charge in [0.15, 0.2) is 0 Å². The van der Waals surface area contributed by atoms with E-state index < -0.39 is 15.9 Å². The highest BCUT2D eigenvalue weighted by Gasteiger charge is 2.23. The van der Waals surface area contributed by atoms with Crippen molar-refractivity contribution in [3.05, 3.63) is 59.1 Å². The lowest BCUT2D eigenvalue weighted by Gasteiger charge is -2.17. The summed E-state index contributed by atoms with van der Waals surface area (Å²) in [6.07, 6.45) is 0. The van der Waals surface area contributed by atoms with Gasteiger partial charge in [-0.05, 0) is 36.4 Å². The largest absolute Gasteiger partial charge is 0.324 e. The number of benzene rings is 2. The Morgan fingerprint density at radius 1 is 1.21 bits per heavy atom. The molecule has 8 heteroatoms. The van der Waals surface area contributed by atoms with E-state index in [1.807, 2.05) is 6.07 Å². The van der Waals surface area contributed by atoms with Crippen molar-refractivity contribution in [2.45, 2.75) is 4.90 Å². The molecule has 6 nitrogen and oxygen atoms in total. The summed E-state index contributed by atoms with van der Waals surface area (Å²) < 4.78 is 25.8. The number of hydrogen-bond donors (Lipinski definition) is 1. The van der Waals surface area contributed by atoms with E-state index in [-0.39, 0.29) is 11.4 Å². The molecule has 2 aromatic rings. The van der Waals surface area contributed by atoms with Gasteiger partial charge in [-0.1, -0.05) is 23.7 Å². The molecule has 0 heterocycles. The zero-order valence-corrected chi connectivity index (χ0v) is 14.3. The predicted octanol–water partition coefficient (Wildman–Crippen LogP) is 2.47. The average molecular weight is 364 g/mol. The Morgan fingerprint density at radius 3 is 2.42 bits per heavy atom. The molecule has 0 spiro atoms. The fraction of sp³-hybridized carbons (Fsp3) is 0.125. The van der Waals surface area contributed by atoms with E-state index in [1.165, 1.54) is 31.3 Å². The third-order valence-corrected chi connectivity index (χ3v) is 5.35. The number of carbonyl (C=O) groups is 1. The van der Waals surface area contributed by atoms with Gasteiger partial charge in [0.2, 0.25) is 15.9 Å². The van der Waals surface area contributed by atoms with Crippen LogP contribution in [0.4, 0.5) is 5.69 Å². The van der Waals surface area contributed by atoms with Crippen molar-refractivity contribution in [1.82, 2.24) is 4.31 Å². The van der Waals surface area contributed by atoms with Crippen molar-refractivity contribution in [3.8, 4) is 6.07 Å². The summed E-state index contributed by atoms with van der Waals surface area (Å²) in [7, 11) is -2.53. The van der Waals surface area contributed by atoms with E-state index in [0.29, 0.717) is 16.3 Å². The number of anilines is 1. The fourth-order valence-electron chi connectivity index (χ4n) is 1.92. The second-order valence-corrected chi connectivity index (χ2v) is 7.38. The lowest BCUT2D eigenvalue weighted by molar-refractivity contribution is -0.116. The van der Waals surface area contributed by atoms with Crippen LogP contribution in [-0.2, 0) is 14.8 Å². The Balaban J connectivity index is 2.10. The van der Waals surface area contributed by atoms with Crippen LogP contribution >= 0.6 is 11.6 Å². The number of halogens is 1. The highest BCUT2D eigenvalue weighted by atomic mass is 35.5. The minimum Gasteiger partial charge on any atom is -0.324 e. The first-order chi connectivity index (χ1) is 11.3. The normalized spacial score (nSPS) is 11.1. The molecule has 0 aliphatic carbocycles. The van der Waals surface area contributed by atoms with Gasteiger partial charge in [-0.2, -0.15) is 9.57 Å². The van der Waals surface area contributed by atoms with Crippen LogP contribution in [0.15, 0.2) is 53.4 Å². The molecule has 24 heavy (non-hydrogen) atoms. The summed E-state index contributed by atoms with van der Waals surface area (Å²) in [5.74, 6) is -0.511. The molecule has 0 bridgehead atoms. The fourth-order valence-corrected chi connectivity index (χ4v) is 3.23. The minimum atomic E-state index is -3.83. The number of carbonyl (C=O) groups excluding carboxylic acids is 1. The van der Waals surface area contributed by atoms with Gasteiger partial charge in [-0.15, -0.1) is 0 Å². The van der Waals surface area contributed by atoms with Gasteiger partial charge in [0.25, 0.3) is 0 Å². The summed E-state index contributed by atoms with van der Waals surface area (Å²) in [6, 6.07) is 14.1. The first kappa shape index (κ1) is 17.9. The molecule has 1 amide bonds. The zero-order chi connectivity index (χ0) is 17.7. The quantitative estimate of drug-likeness (QED) is 0.883. The van der Waals surface area contributed by atoms with Crippen LogP contribution in [0.2, 0.25) is 5.02 Å². The molecule has 0 aromatic heterocycles. The minimum absolute atomic E-state index is 0.00884. The van der Waals surface area contributed by atoms with Gasteiger partial charge in [-0.25, -0.2) is 8.42 Å². The van der Waals surface area contributed by atoms with Gasteiger partial charge in [0.05, 0.1) is 33.8 Å². The lowest BCUT2D eigenvalue weighted by atomic mass is 10.2. The molecule has 1 N–H and O–H groups in total. The van der Waals surface area contributed by atoms with Crippen LogP contribution in [0, 0.1) is 11.3 Å². The van der Waals surface area contributed by atoms with E-state index in [2.05, 4.69) is 5.32 Å². The maximum absolute atomic E-state index is 12.4. The van der Waals surface area contributed by atoms with Crippen molar-refractivity contribution in [1.29, 1.82) is 5.26 Å². The average Bonchev–Trinajstić information content (AvgIpc) is 2.57. The monoisotopic (exact) mass is 363 g/mol. The van der Waals surface area contributed by atoms with Crippen LogP contribution in [0.25, 0.3) is 0 Å². The molecule has 0 saturated heterocycles. The molecule has 0 aliphatic rings. The highest BCUT2D eigenvalue weighted by Crippen LogP contribution is 2.20. The molecular weight excluding hydrogens is 350 g/mol. The molecule has 124 valence electrons. The summed E-state index contributed by atoms with van der Waals surface area (Å²) in [5, 5.41) is 11.7. The Kier molecular flexibility index (Phi) is 5.57. The molecule has 0 unspecified atom stereocenters. The van der Waals surface area contributed by atoms with Crippen molar-refractivity contribution >= 4 is 33.2 Å². The molecule has 0 aliphatic heterocycles. The molecule has 0 fully saturated rings. The molecular formula is C16H14ClN3O3S. The second kappa shape index (κ2) is 7.45. The van der Waals surface area contributed by atoms with E-state index in [9.17, 15) is 13.2 Å². The predicted molar refractivity (Wildman–Crippen MR) is 91.1 cm³/mol. The molecule has 0 radical (unpaired) electrons. The summed E-state index contributed by atoms with van der Waals surface area (Å²) in [4.78, 5) is 12.0. The Morgan fingerprint density at radius 2 is 1.83 bits per heavy atom. The topological polar surface area (TPSA) is 90.3 Å². The van der Waals surface area contributed by atoms with Crippen LogP contribution in [0.3, 0.4) is 0 Å². The number of amides is 1. The van der Waals surface area contributed by atoms with Crippen molar-refractivity contribution < 1.29 is 13.2 Å². The number of nitrogens with zero attached hydrogens (tertiary/aromatic N) is 2. The lowest BCUT2D eigenvalue weighted by Crippen LogP contribution is -2.35. The van der Waals surface area contributed by atoms with Gasteiger partial charge >= 0.3 is 0 Å². The standard InChI is InChI=1S/C16H14ClN3O3S/c1-20(11-16(21)19-15-5-3-2-4-14(15)17)24(22,23)13-8-6-12(10-18)7-9-13/h2-9H,11H2,1H3,(H,19,21).